The van der Waals surface area contributed by atoms with Gasteiger partial charge in [-0.3, -0.25) is 4.79 Å². The van der Waals surface area contributed by atoms with Gasteiger partial charge in [0.1, 0.15) is 0 Å². The Kier molecular flexibility index (Phi) is 4.84. The highest BCUT2D eigenvalue weighted by Gasteiger charge is 2.23. The van der Waals surface area contributed by atoms with E-state index in [1.807, 2.05) is 23.1 Å². The second kappa shape index (κ2) is 6.20. The lowest BCUT2D eigenvalue weighted by Gasteiger charge is -2.31. The highest BCUT2D eigenvalue weighted by molar-refractivity contribution is 9.11. The number of hydrogen-bond acceptors (Lipinski definition) is 1. The highest BCUT2D eigenvalue weighted by atomic mass is 79.9. The first kappa shape index (κ1) is 14.1. The summed E-state index contributed by atoms with van der Waals surface area (Å²) in [6.45, 7) is 4.01. The molecule has 2 rings (SSSR count). The molecule has 98 valence electrons. The van der Waals surface area contributed by atoms with Crippen LogP contribution in [-0.4, -0.2) is 23.9 Å². The van der Waals surface area contributed by atoms with E-state index in [0.717, 1.165) is 46.4 Å². The predicted octanol–water partition coefficient (Wildman–Crippen LogP) is 4.47. The number of rotatable bonds is 2. The number of carbonyl (C=O) groups excluding carboxylic acids is 1. The van der Waals surface area contributed by atoms with Gasteiger partial charge in [0.15, 0.2) is 0 Å². The van der Waals surface area contributed by atoms with Crippen LogP contribution in [0.3, 0.4) is 0 Å². The Hall–Kier alpha value is -0.350. The van der Waals surface area contributed by atoms with E-state index in [4.69, 9.17) is 0 Å². The molecular weight excluding hydrogens is 358 g/mol. The zero-order chi connectivity index (χ0) is 13.1. The fourth-order valence-electron chi connectivity index (χ4n) is 2.38. The average Bonchev–Trinajstić information content (AvgIpc) is 2.38. The van der Waals surface area contributed by atoms with Crippen molar-refractivity contribution in [1.29, 1.82) is 0 Å². The Morgan fingerprint density at radius 2 is 2.00 bits per heavy atom. The van der Waals surface area contributed by atoms with Crippen LogP contribution in [0.4, 0.5) is 0 Å². The largest absolute Gasteiger partial charge is 0.339 e. The number of likely N-dealkylation sites (tertiary alicyclic amines) is 1. The van der Waals surface area contributed by atoms with Crippen LogP contribution in [-0.2, 0) is 0 Å². The molecule has 0 bridgehead atoms. The molecule has 1 aliphatic heterocycles. The van der Waals surface area contributed by atoms with Crippen LogP contribution in [0, 0.1) is 5.92 Å². The minimum atomic E-state index is 0.143. The maximum atomic E-state index is 12.4. The van der Waals surface area contributed by atoms with Crippen LogP contribution in [0.15, 0.2) is 27.1 Å². The zero-order valence-electron chi connectivity index (χ0n) is 10.5. The van der Waals surface area contributed by atoms with E-state index < -0.39 is 0 Å². The monoisotopic (exact) mass is 373 g/mol. The van der Waals surface area contributed by atoms with Gasteiger partial charge in [0.05, 0.1) is 5.56 Å². The van der Waals surface area contributed by atoms with Crippen LogP contribution in [0.1, 0.15) is 36.5 Å². The standard InChI is InChI=1S/C14H17Br2NO/c1-2-10-5-7-17(8-6-10)14(18)12-4-3-11(15)9-13(12)16/h3-4,9-10H,2,5-8H2,1H3. The lowest BCUT2D eigenvalue weighted by Crippen LogP contribution is -2.38. The second-order valence-corrected chi connectivity index (χ2v) is 6.54. The summed E-state index contributed by atoms with van der Waals surface area (Å²) in [4.78, 5) is 14.4. The summed E-state index contributed by atoms with van der Waals surface area (Å²) in [5.74, 6) is 0.936. The normalized spacial score (nSPS) is 16.9. The number of hydrogen-bond donors (Lipinski definition) is 0. The van der Waals surface area contributed by atoms with Crippen molar-refractivity contribution >= 4 is 37.8 Å². The van der Waals surface area contributed by atoms with Gasteiger partial charge in [-0.2, -0.15) is 0 Å². The number of piperidine rings is 1. The fourth-order valence-corrected chi connectivity index (χ4v) is 3.59. The Morgan fingerprint density at radius 3 is 2.56 bits per heavy atom. The van der Waals surface area contributed by atoms with Crippen LogP contribution in [0.2, 0.25) is 0 Å². The SMILES string of the molecule is CCC1CCN(C(=O)c2ccc(Br)cc2Br)CC1. The molecule has 0 spiro atoms. The second-order valence-electron chi connectivity index (χ2n) is 4.77. The van der Waals surface area contributed by atoms with Crippen molar-refractivity contribution in [2.24, 2.45) is 5.92 Å². The topological polar surface area (TPSA) is 20.3 Å². The zero-order valence-corrected chi connectivity index (χ0v) is 13.6. The molecule has 1 aromatic rings. The van der Waals surface area contributed by atoms with Crippen molar-refractivity contribution in [2.45, 2.75) is 26.2 Å². The molecular formula is C14H17Br2NO. The van der Waals surface area contributed by atoms with Crippen molar-refractivity contribution in [3.63, 3.8) is 0 Å². The van der Waals surface area contributed by atoms with Crippen molar-refractivity contribution in [3.8, 4) is 0 Å². The van der Waals surface area contributed by atoms with E-state index >= 15 is 0 Å². The van der Waals surface area contributed by atoms with Crippen molar-refractivity contribution in [3.05, 3.63) is 32.7 Å². The van der Waals surface area contributed by atoms with Gasteiger partial charge in [0.2, 0.25) is 0 Å². The molecule has 1 fully saturated rings. The Bertz CT molecular complexity index is 439. The quantitative estimate of drug-likeness (QED) is 0.747. The minimum Gasteiger partial charge on any atom is -0.339 e. The Morgan fingerprint density at radius 1 is 1.33 bits per heavy atom. The number of nitrogens with zero attached hydrogens (tertiary/aromatic N) is 1. The lowest BCUT2D eigenvalue weighted by atomic mass is 9.94. The van der Waals surface area contributed by atoms with Crippen LogP contribution >= 0.6 is 31.9 Å². The molecule has 0 aliphatic carbocycles. The van der Waals surface area contributed by atoms with Crippen molar-refractivity contribution in [2.75, 3.05) is 13.1 Å². The third-order valence-electron chi connectivity index (χ3n) is 3.64. The maximum absolute atomic E-state index is 12.4. The molecule has 1 aromatic carbocycles. The number of amides is 1. The lowest BCUT2D eigenvalue weighted by molar-refractivity contribution is 0.0688. The van der Waals surface area contributed by atoms with Crippen molar-refractivity contribution < 1.29 is 4.79 Å². The number of benzene rings is 1. The van der Waals surface area contributed by atoms with Crippen LogP contribution in [0.25, 0.3) is 0 Å². The summed E-state index contributed by atoms with van der Waals surface area (Å²) in [5.41, 5.74) is 0.758. The molecule has 1 aliphatic rings. The number of carbonyl (C=O) groups is 1. The molecule has 18 heavy (non-hydrogen) atoms. The summed E-state index contributed by atoms with van der Waals surface area (Å²) < 4.78 is 1.84. The Labute approximate surface area is 125 Å². The molecule has 0 atom stereocenters. The van der Waals surface area contributed by atoms with E-state index in [9.17, 15) is 4.79 Å². The van der Waals surface area contributed by atoms with Crippen LogP contribution in [0.5, 0.6) is 0 Å². The summed E-state index contributed by atoms with van der Waals surface area (Å²) in [6, 6.07) is 5.71. The Balaban J connectivity index is 2.08. The molecule has 1 saturated heterocycles. The molecule has 4 heteroatoms. The fraction of sp³-hybridized carbons (Fsp3) is 0.500. The van der Waals surface area contributed by atoms with Crippen LogP contribution < -0.4 is 0 Å². The molecule has 1 heterocycles. The molecule has 0 saturated carbocycles. The summed E-state index contributed by atoms with van der Waals surface area (Å²) in [7, 11) is 0. The summed E-state index contributed by atoms with van der Waals surface area (Å²) >= 11 is 6.87. The molecule has 0 N–H and O–H groups in total. The molecule has 0 radical (unpaired) electrons. The van der Waals surface area contributed by atoms with Gasteiger partial charge in [-0.15, -0.1) is 0 Å². The van der Waals surface area contributed by atoms with Gasteiger partial charge in [-0.25, -0.2) is 0 Å². The summed E-state index contributed by atoms with van der Waals surface area (Å²) in [6.07, 6.45) is 3.50. The maximum Gasteiger partial charge on any atom is 0.254 e. The van der Waals surface area contributed by atoms with E-state index in [2.05, 4.69) is 38.8 Å². The first-order valence-electron chi connectivity index (χ1n) is 6.36. The first-order valence-corrected chi connectivity index (χ1v) is 7.94. The third kappa shape index (κ3) is 3.15. The van der Waals surface area contributed by atoms with E-state index in [1.165, 1.54) is 6.42 Å². The van der Waals surface area contributed by atoms with Gasteiger partial charge in [-0.1, -0.05) is 29.3 Å². The smallest absolute Gasteiger partial charge is 0.254 e. The van der Waals surface area contributed by atoms with Gasteiger partial charge in [0.25, 0.3) is 5.91 Å². The van der Waals surface area contributed by atoms with Gasteiger partial charge in [-0.05, 0) is 52.9 Å². The molecule has 2 nitrogen and oxygen atoms in total. The first-order chi connectivity index (χ1) is 8.61. The van der Waals surface area contributed by atoms with Gasteiger partial charge >= 0.3 is 0 Å². The van der Waals surface area contributed by atoms with E-state index in [0.29, 0.717) is 0 Å². The third-order valence-corrected chi connectivity index (χ3v) is 4.79. The minimum absolute atomic E-state index is 0.143. The molecule has 1 amide bonds. The predicted molar refractivity (Wildman–Crippen MR) is 80.8 cm³/mol. The summed E-state index contributed by atoms with van der Waals surface area (Å²) in [5, 5.41) is 0. The van der Waals surface area contributed by atoms with E-state index in [1.54, 1.807) is 0 Å². The molecule has 0 unspecified atom stereocenters. The highest BCUT2D eigenvalue weighted by Crippen LogP contribution is 2.26. The molecule has 0 aromatic heterocycles. The number of halogens is 2. The van der Waals surface area contributed by atoms with Crippen molar-refractivity contribution in [1.82, 2.24) is 4.90 Å². The van der Waals surface area contributed by atoms with E-state index in [-0.39, 0.29) is 5.91 Å². The average molecular weight is 375 g/mol. The van der Waals surface area contributed by atoms with Gasteiger partial charge in [0, 0.05) is 22.0 Å². The van der Waals surface area contributed by atoms with Gasteiger partial charge < -0.3 is 4.90 Å².